The Balaban J connectivity index is 1.57. The fraction of sp³-hybridized carbons (Fsp3) is 0.464. The van der Waals surface area contributed by atoms with Gasteiger partial charge < -0.3 is 14.7 Å². The highest BCUT2D eigenvalue weighted by atomic mass is 16.5. The van der Waals surface area contributed by atoms with Crippen molar-refractivity contribution in [2.24, 2.45) is 11.8 Å². The molecule has 35 heavy (non-hydrogen) atoms. The summed E-state index contributed by atoms with van der Waals surface area (Å²) in [5.74, 6) is 0.161. The number of ether oxygens (including phenoxy) is 1. The van der Waals surface area contributed by atoms with Crippen molar-refractivity contribution in [3.8, 4) is 5.75 Å². The van der Waals surface area contributed by atoms with Crippen LogP contribution in [0.2, 0.25) is 0 Å². The quantitative estimate of drug-likeness (QED) is 0.665. The predicted molar refractivity (Wildman–Crippen MR) is 130 cm³/mol. The van der Waals surface area contributed by atoms with Crippen LogP contribution < -0.4 is 4.74 Å². The van der Waals surface area contributed by atoms with E-state index in [9.17, 15) is 19.5 Å². The monoisotopic (exact) mass is 476 g/mol. The minimum Gasteiger partial charge on any atom is -0.496 e. The molecule has 2 aliphatic heterocycles. The average molecular weight is 477 g/mol. The topological polar surface area (TPSA) is 87.2 Å². The highest BCUT2D eigenvalue weighted by Crippen LogP contribution is 2.42. The second-order valence-corrected chi connectivity index (χ2v) is 9.92. The molecule has 0 radical (unpaired) electrons. The smallest absolute Gasteiger partial charge is 0.261 e. The van der Waals surface area contributed by atoms with E-state index in [0.717, 1.165) is 36.8 Å². The molecule has 2 aromatic rings. The molecule has 3 atom stereocenters. The van der Waals surface area contributed by atoms with E-state index in [1.165, 1.54) is 4.90 Å². The van der Waals surface area contributed by atoms with Crippen molar-refractivity contribution >= 4 is 17.7 Å². The predicted octanol–water partition coefficient (Wildman–Crippen LogP) is 3.74. The molecule has 2 heterocycles. The molecule has 1 fully saturated rings. The SMILES string of the molecule is COc1c(CO)ccc2c1C(CN1C(=O)c3ccccc3C1=O)N(C(=O)[C@@H]1CCCC[C@@H]1C)CC2. The van der Waals surface area contributed by atoms with Crippen molar-refractivity contribution in [1.29, 1.82) is 0 Å². The Morgan fingerprint density at radius 3 is 2.37 bits per heavy atom. The van der Waals surface area contributed by atoms with E-state index < -0.39 is 6.04 Å². The zero-order valence-corrected chi connectivity index (χ0v) is 20.3. The van der Waals surface area contributed by atoms with Crippen LogP contribution in [0.4, 0.5) is 0 Å². The number of benzene rings is 2. The first-order valence-corrected chi connectivity index (χ1v) is 12.5. The number of rotatable bonds is 5. The maximum atomic E-state index is 13.9. The van der Waals surface area contributed by atoms with Gasteiger partial charge in [-0.1, -0.05) is 44.0 Å². The van der Waals surface area contributed by atoms with Gasteiger partial charge in [0, 0.05) is 23.6 Å². The first-order valence-electron chi connectivity index (χ1n) is 12.5. The van der Waals surface area contributed by atoms with Gasteiger partial charge in [0.25, 0.3) is 11.8 Å². The standard InChI is InChI=1S/C28H32N2O5/c1-17-7-3-4-8-20(17)26(32)29-14-13-18-11-12-19(16-31)25(35-2)24(18)23(29)15-30-27(33)21-9-5-6-10-22(21)28(30)34/h5-6,9-12,17,20,23,31H,3-4,7-8,13-16H2,1-2H3/t17-,20+,23?/m0/s1. The minimum atomic E-state index is -0.538. The van der Waals surface area contributed by atoms with E-state index >= 15 is 0 Å². The van der Waals surface area contributed by atoms with Crippen LogP contribution in [0.25, 0.3) is 0 Å². The summed E-state index contributed by atoms with van der Waals surface area (Å²) in [4.78, 5) is 43.5. The molecule has 184 valence electrons. The van der Waals surface area contributed by atoms with E-state index in [1.54, 1.807) is 31.4 Å². The van der Waals surface area contributed by atoms with Gasteiger partial charge in [0.1, 0.15) is 5.75 Å². The maximum absolute atomic E-state index is 13.9. The van der Waals surface area contributed by atoms with Crippen LogP contribution in [0, 0.1) is 11.8 Å². The molecule has 7 nitrogen and oxygen atoms in total. The Labute approximate surface area is 205 Å². The highest BCUT2D eigenvalue weighted by Gasteiger charge is 2.43. The van der Waals surface area contributed by atoms with Crippen molar-refractivity contribution in [1.82, 2.24) is 9.80 Å². The first kappa shape index (κ1) is 23.5. The van der Waals surface area contributed by atoms with Gasteiger partial charge in [-0.15, -0.1) is 0 Å². The van der Waals surface area contributed by atoms with E-state index in [-0.39, 0.29) is 36.8 Å². The number of carbonyl (C=O) groups excluding carboxylic acids is 3. The number of hydrogen-bond acceptors (Lipinski definition) is 5. The van der Waals surface area contributed by atoms with Crippen molar-refractivity contribution in [2.45, 2.75) is 51.7 Å². The second-order valence-electron chi connectivity index (χ2n) is 9.92. The molecule has 0 aromatic heterocycles. The zero-order chi connectivity index (χ0) is 24.7. The third kappa shape index (κ3) is 3.92. The number of aliphatic hydroxyl groups excluding tert-OH is 1. The largest absolute Gasteiger partial charge is 0.496 e. The first-order chi connectivity index (χ1) is 17.0. The number of fused-ring (bicyclic) bond motifs is 2. The van der Waals surface area contributed by atoms with Crippen LogP contribution in [0.5, 0.6) is 5.75 Å². The van der Waals surface area contributed by atoms with Gasteiger partial charge in [-0.3, -0.25) is 19.3 Å². The van der Waals surface area contributed by atoms with Crippen LogP contribution in [-0.4, -0.2) is 52.8 Å². The Morgan fingerprint density at radius 1 is 1.06 bits per heavy atom. The Kier molecular flexibility index (Phi) is 6.36. The fourth-order valence-electron chi connectivity index (χ4n) is 6.11. The van der Waals surface area contributed by atoms with E-state index in [4.69, 9.17) is 4.74 Å². The van der Waals surface area contributed by atoms with E-state index in [2.05, 4.69) is 6.92 Å². The lowest BCUT2D eigenvalue weighted by Crippen LogP contribution is -2.49. The summed E-state index contributed by atoms with van der Waals surface area (Å²) in [5.41, 5.74) is 3.21. The molecular weight excluding hydrogens is 444 g/mol. The van der Waals surface area contributed by atoms with Gasteiger partial charge in [-0.25, -0.2) is 0 Å². The molecule has 3 aliphatic rings. The summed E-state index contributed by atoms with van der Waals surface area (Å²) in [5, 5.41) is 9.96. The lowest BCUT2D eigenvalue weighted by atomic mass is 9.78. The Morgan fingerprint density at radius 2 is 1.74 bits per heavy atom. The summed E-state index contributed by atoms with van der Waals surface area (Å²) >= 11 is 0. The second kappa shape index (κ2) is 9.46. The summed E-state index contributed by atoms with van der Waals surface area (Å²) in [6, 6.07) is 10.1. The molecular formula is C28H32N2O5. The number of methoxy groups -OCH3 is 1. The van der Waals surface area contributed by atoms with Gasteiger partial charge in [-0.2, -0.15) is 0 Å². The summed E-state index contributed by atoms with van der Waals surface area (Å²) in [6.45, 7) is 2.51. The average Bonchev–Trinajstić information content (AvgIpc) is 3.12. The third-order valence-corrected chi connectivity index (χ3v) is 8.02. The molecule has 7 heteroatoms. The Bertz CT molecular complexity index is 1140. The Hall–Kier alpha value is -3.19. The highest BCUT2D eigenvalue weighted by molar-refractivity contribution is 6.21. The number of carbonyl (C=O) groups is 3. The fourth-order valence-corrected chi connectivity index (χ4v) is 6.11. The maximum Gasteiger partial charge on any atom is 0.261 e. The molecule has 0 saturated heterocycles. The van der Waals surface area contributed by atoms with Crippen molar-refractivity contribution in [2.75, 3.05) is 20.2 Å². The van der Waals surface area contributed by atoms with Gasteiger partial charge in [0.05, 0.1) is 37.4 Å². The number of imide groups is 1. The summed E-state index contributed by atoms with van der Waals surface area (Å²) < 4.78 is 5.75. The lowest BCUT2D eigenvalue weighted by molar-refractivity contribution is -0.141. The molecule has 1 N–H and O–H groups in total. The van der Waals surface area contributed by atoms with Gasteiger partial charge in [-0.05, 0) is 42.9 Å². The molecule has 1 unspecified atom stereocenters. The molecule has 0 bridgehead atoms. The zero-order valence-electron chi connectivity index (χ0n) is 20.3. The van der Waals surface area contributed by atoms with E-state index in [0.29, 0.717) is 41.3 Å². The van der Waals surface area contributed by atoms with Gasteiger partial charge >= 0.3 is 0 Å². The van der Waals surface area contributed by atoms with Crippen molar-refractivity contribution in [3.05, 3.63) is 64.2 Å². The summed E-state index contributed by atoms with van der Waals surface area (Å²) in [6.07, 6.45) is 4.72. The summed E-state index contributed by atoms with van der Waals surface area (Å²) in [7, 11) is 1.55. The van der Waals surface area contributed by atoms with Gasteiger partial charge in [0.15, 0.2) is 0 Å². The molecule has 1 saturated carbocycles. The van der Waals surface area contributed by atoms with Crippen LogP contribution in [-0.2, 0) is 17.8 Å². The number of amides is 3. The lowest BCUT2D eigenvalue weighted by Gasteiger charge is -2.42. The van der Waals surface area contributed by atoms with Crippen LogP contribution in [0.3, 0.4) is 0 Å². The van der Waals surface area contributed by atoms with Crippen LogP contribution in [0.1, 0.15) is 76.1 Å². The van der Waals surface area contributed by atoms with Gasteiger partial charge in [0.2, 0.25) is 5.91 Å². The molecule has 5 rings (SSSR count). The number of hydrogen-bond donors (Lipinski definition) is 1. The molecule has 3 amide bonds. The molecule has 0 spiro atoms. The van der Waals surface area contributed by atoms with Crippen LogP contribution in [0.15, 0.2) is 36.4 Å². The normalized spacial score (nSPS) is 23.8. The number of nitrogens with zero attached hydrogens (tertiary/aromatic N) is 2. The molecule has 2 aromatic carbocycles. The van der Waals surface area contributed by atoms with Crippen LogP contribution >= 0.6 is 0 Å². The number of aliphatic hydroxyl groups is 1. The van der Waals surface area contributed by atoms with Crippen molar-refractivity contribution in [3.63, 3.8) is 0 Å². The minimum absolute atomic E-state index is 0.0530. The van der Waals surface area contributed by atoms with E-state index in [1.807, 2.05) is 17.0 Å². The van der Waals surface area contributed by atoms with Crippen molar-refractivity contribution < 1.29 is 24.2 Å². The molecule has 1 aliphatic carbocycles. The third-order valence-electron chi connectivity index (χ3n) is 8.02.